The van der Waals surface area contributed by atoms with Crippen LogP contribution in [0.4, 0.5) is 11.4 Å². The van der Waals surface area contributed by atoms with Gasteiger partial charge < -0.3 is 0 Å². The molecule has 0 spiro atoms. The zero-order valence-corrected chi connectivity index (χ0v) is 15.7. The minimum absolute atomic E-state index is 0.765. The van der Waals surface area contributed by atoms with Gasteiger partial charge in [0.15, 0.2) is 0 Å². The molecule has 0 saturated heterocycles. The van der Waals surface area contributed by atoms with E-state index in [2.05, 4.69) is 11.0 Å². The van der Waals surface area contributed by atoms with Gasteiger partial charge in [0.05, 0.1) is 24.6 Å². The number of hydrogen-bond donors (Lipinski definition) is 2. The van der Waals surface area contributed by atoms with Crippen LogP contribution in [0.2, 0.25) is 0 Å². The summed E-state index contributed by atoms with van der Waals surface area (Å²) >= 11 is 0. The molecule has 0 amide bonds. The van der Waals surface area contributed by atoms with Crippen molar-refractivity contribution in [1.82, 2.24) is 0 Å². The van der Waals surface area contributed by atoms with E-state index in [0.717, 1.165) is 37.4 Å². The van der Waals surface area contributed by atoms with E-state index in [9.17, 15) is 0 Å². The molecule has 0 aromatic heterocycles. The lowest BCUT2D eigenvalue weighted by Crippen LogP contribution is -2.02. The van der Waals surface area contributed by atoms with Crippen molar-refractivity contribution >= 4 is 11.4 Å². The molecular formula is C22H32N2O2. The maximum Gasteiger partial charge on any atom is 0.0746 e. The summed E-state index contributed by atoms with van der Waals surface area (Å²) in [6.45, 7) is 1.53. The summed E-state index contributed by atoms with van der Waals surface area (Å²) in [4.78, 5) is 10.9. The molecule has 2 N–H and O–H groups in total. The number of benzene rings is 2. The normalized spacial score (nSPS) is 10.6. The number of nitrogens with one attached hydrogen (secondary N) is 2. The van der Waals surface area contributed by atoms with Crippen LogP contribution in [0.3, 0.4) is 0 Å². The Morgan fingerprint density at radius 3 is 1.19 bits per heavy atom. The molecule has 0 aliphatic rings. The molecule has 4 nitrogen and oxygen atoms in total. The van der Waals surface area contributed by atoms with Crippen LogP contribution >= 0.6 is 0 Å². The van der Waals surface area contributed by atoms with Crippen molar-refractivity contribution in [2.45, 2.75) is 51.4 Å². The zero-order chi connectivity index (χ0) is 18.1. The van der Waals surface area contributed by atoms with Crippen LogP contribution in [0.1, 0.15) is 51.4 Å². The molecule has 2 aromatic rings. The van der Waals surface area contributed by atoms with Crippen molar-refractivity contribution in [2.24, 2.45) is 0 Å². The van der Waals surface area contributed by atoms with Gasteiger partial charge in [0.1, 0.15) is 0 Å². The van der Waals surface area contributed by atoms with Crippen molar-refractivity contribution < 1.29 is 9.68 Å². The Kier molecular flexibility index (Phi) is 11.0. The van der Waals surface area contributed by atoms with Gasteiger partial charge in [-0.1, -0.05) is 74.9 Å². The van der Waals surface area contributed by atoms with Crippen LogP contribution in [-0.2, 0) is 9.68 Å². The van der Waals surface area contributed by atoms with Crippen molar-refractivity contribution in [3.8, 4) is 0 Å². The molecule has 0 heterocycles. The van der Waals surface area contributed by atoms with Crippen LogP contribution in [0.25, 0.3) is 0 Å². The lowest BCUT2D eigenvalue weighted by Gasteiger charge is -2.07. The van der Waals surface area contributed by atoms with E-state index in [1.165, 1.54) is 38.5 Å². The van der Waals surface area contributed by atoms with Crippen LogP contribution in [0.15, 0.2) is 60.7 Å². The van der Waals surface area contributed by atoms with Gasteiger partial charge in [0, 0.05) is 0 Å². The SMILES string of the molecule is c1ccc(NOCCCCCCCCCCONc2ccccc2)cc1. The number of hydrogen-bond acceptors (Lipinski definition) is 4. The first-order valence-electron chi connectivity index (χ1n) is 9.81. The molecule has 0 atom stereocenters. The van der Waals surface area contributed by atoms with Crippen molar-refractivity contribution in [3.05, 3.63) is 60.7 Å². The minimum Gasteiger partial charge on any atom is -0.276 e. The van der Waals surface area contributed by atoms with E-state index < -0.39 is 0 Å². The molecule has 0 aliphatic carbocycles. The van der Waals surface area contributed by atoms with Gasteiger partial charge >= 0.3 is 0 Å². The number of unbranched alkanes of at least 4 members (excludes halogenated alkanes) is 7. The first-order valence-corrected chi connectivity index (χ1v) is 9.81. The van der Waals surface area contributed by atoms with Crippen LogP contribution in [0.5, 0.6) is 0 Å². The summed E-state index contributed by atoms with van der Waals surface area (Å²) in [6.07, 6.45) is 9.91. The molecule has 0 fully saturated rings. The van der Waals surface area contributed by atoms with Crippen molar-refractivity contribution in [2.75, 3.05) is 24.2 Å². The monoisotopic (exact) mass is 356 g/mol. The highest BCUT2D eigenvalue weighted by Crippen LogP contribution is 2.10. The van der Waals surface area contributed by atoms with Gasteiger partial charge in [0.25, 0.3) is 0 Å². The van der Waals surface area contributed by atoms with Gasteiger partial charge in [-0.3, -0.25) is 20.6 Å². The van der Waals surface area contributed by atoms with Gasteiger partial charge in [-0.2, -0.15) is 0 Å². The third-order valence-corrected chi connectivity index (χ3v) is 4.17. The molecule has 0 bridgehead atoms. The molecule has 0 aliphatic heterocycles. The second kappa shape index (κ2) is 14.2. The molecule has 0 unspecified atom stereocenters. The summed E-state index contributed by atoms with van der Waals surface area (Å²) in [7, 11) is 0. The van der Waals surface area contributed by atoms with Gasteiger partial charge in [-0.15, -0.1) is 0 Å². The predicted octanol–water partition coefficient (Wildman–Crippen LogP) is 6.19. The zero-order valence-electron chi connectivity index (χ0n) is 15.7. The fraction of sp³-hybridized carbons (Fsp3) is 0.455. The summed E-state index contributed by atoms with van der Waals surface area (Å²) < 4.78 is 0. The molecule has 4 heteroatoms. The molecule has 2 aromatic carbocycles. The largest absolute Gasteiger partial charge is 0.276 e. The summed E-state index contributed by atoms with van der Waals surface area (Å²) in [5.41, 5.74) is 7.97. The van der Waals surface area contributed by atoms with E-state index in [0.29, 0.717) is 0 Å². The highest BCUT2D eigenvalue weighted by molar-refractivity contribution is 5.40. The first-order chi connectivity index (χ1) is 12.9. The van der Waals surface area contributed by atoms with Crippen LogP contribution < -0.4 is 11.0 Å². The van der Waals surface area contributed by atoms with Crippen LogP contribution in [0, 0.1) is 0 Å². The standard InChI is InChI=1S/C22H32N2O2/c1(3-5-13-19-25-23-21-15-9-7-10-16-21)2-4-6-14-20-26-24-22-17-11-8-12-18-22/h7-12,15-18,23-24H,1-6,13-14,19-20H2. The average Bonchev–Trinajstić information content (AvgIpc) is 2.70. The van der Waals surface area contributed by atoms with E-state index in [1.54, 1.807) is 0 Å². The molecule has 2 rings (SSSR count). The van der Waals surface area contributed by atoms with E-state index >= 15 is 0 Å². The second-order valence-electron chi connectivity index (χ2n) is 6.46. The molecule has 0 saturated carbocycles. The average molecular weight is 357 g/mol. The second-order valence-corrected chi connectivity index (χ2v) is 6.46. The van der Waals surface area contributed by atoms with E-state index in [1.807, 2.05) is 60.7 Å². The smallest absolute Gasteiger partial charge is 0.0746 e. The van der Waals surface area contributed by atoms with Gasteiger partial charge in [-0.25, -0.2) is 0 Å². The maximum atomic E-state index is 5.46. The molecule has 142 valence electrons. The Morgan fingerprint density at radius 1 is 0.462 bits per heavy atom. The van der Waals surface area contributed by atoms with Gasteiger partial charge in [-0.05, 0) is 37.1 Å². The number of para-hydroxylation sites is 2. The quantitative estimate of drug-likeness (QED) is 0.295. The Bertz CT molecular complexity index is 497. The summed E-state index contributed by atoms with van der Waals surface area (Å²) in [5.74, 6) is 0. The Balaban J connectivity index is 1.28. The topological polar surface area (TPSA) is 42.5 Å². The third-order valence-electron chi connectivity index (χ3n) is 4.17. The summed E-state index contributed by atoms with van der Waals surface area (Å²) in [5, 5.41) is 0. The Hall–Kier alpha value is -2.04. The summed E-state index contributed by atoms with van der Waals surface area (Å²) in [6, 6.07) is 20.0. The molecule has 26 heavy (non-hydrogen) atoms. The molecule has 0 radical (unpaired) electrons. The fourth-order valence-electron chi connectivity index (χ4n) is 2.69. The van der Waals surface area contributed by atoms with Gasteiger partial charge in [0.2, 0.25) is 0 Å². The maximum absolute atomic E-state index is 5.46. The third kappa shape index (κ3) is 10.1. The number of rotatable bonds is 15. The highest BCUT2D eigenvalue weighted by atomic mass is 16.6. The predicted molar refractivity (Wildman–Crippen MR) is 109 cm³/mol. The lowest BCUT2D eigenvalue weighted by atomic mass is 10.1. The van der Waals surface area contributed by atoms with Crippen LogP contribution in [-0.4, -0.2) is 13.2 Å². The Morgan fingerprint density at radius 2 is 0.808 bits per heavy atom. The first kappa shape index (κ1) is 20.3. The lowest BCUT2D eigenvalue weighted by molar-refractivity contribution is 0.186. The minimum atomic E-state index is 0.765. The van der Waals surface area contributed by atoms with Crippen molar-refractivity contribution in [1.29, 1.82) is 0 Å². The molecular weight excluding hydrogens is 324 g/mol. The fourth-order valence-corrected chi connectivity index (χ4v) is 2.69. The van der Waals surface area contributed by atoms with E-state index in [-0.39, 0.29) is 0 Å². The highest BCUT2D eigenvalue weighted by Gasteiger charge is 1.95. The Labute approximate surface area is 157 Å². The van der Waals surface area contributed by atoms with Crippen molar-refractivity contribution in [3.63, 3.8) is 0 Å². The number of anilines is 2. The van der Waals surface area contributed by atoms with E-state index in [4.69, 9.17) is 9.68 Å².